The van der Waals surface area contributed by atoms with E-state index >= 15 is 0 Å². The molecular formula is C20H26NO3+. The van der Waals surface area contributed by atoms with Crippen molar-refractivity contribution in [2.45, 2.75) is 25.0 Å². The summed E-state index contributed by atoms with van der Waals surface area (Å²) in [6, 6.07) is 18.1. The Morgan fingerprint density at radius 1 is 1.04 bits per heavy atom. The van der Waals surface area contributed by atoms with Gasteiger partial charge in [-0.1, -0.05) is 42.5 Å². The third-order valence-electron chi connectivity index (χ3n) is 4.52. The molecule has 3 rings (SSSR count). The topological polar surface area (TPSA) is 54.1 Å². The van der Waals surface area contributed by atoms with Gasteiger partial charge in [0.25, 0.3) is 0 Å². The number of likely N-dealkylation sites (tertiary alicyclic amines) is 1. The van der Waals surface area contributed by atoms with Crippen molar-refractivity contribution >= 4 is 0 Å². The molecule has 128 valence electrons. The average Bonchev–Trinajstić information content (AvgIpc) is 2.61. The fraction of sp³-hybridized carbons (Fsp3) is 0.400. The SMILES string of the molecule is O[C@H]1CCC[NH+](C[C@@H](O)COc2ccc(-c3ccccc3)cc2)C1. The molecule has 0 radical (unpaired) electrons. The molecule has 1 saturated heterocycles. The van der Waals surface area contributed by atoms with Crippen molar-refractivity contribution in [1.82, 2.24) is 0 Å². The maximum absolute atomic E-state index is 10.2. The summed E-state index contributed by atoms with van der Waals surface area (Å²) >= 11 is 0. The van der Waals surface area contributed by atoms with Gasteiger partial charge in [-0.3, -0.25) is 0 Å². The zero-order valence-electron chi connectivity index (χ0n) is 13.9. The predicted molar refractivity (Wildman–Crippen MR) is 94.2 cm³/mol. The van der Waals surface area contributed by atoms with Crippen LogP contribution in [0.5, 0.6) is 5.75 Å². The van der Waals surface area contributed by atoms with Crippen LogP contribution >= 0.6 is 0 Å². The summed E-state index contributed by atoms with van der Waals surface area (Å²) in [5.74, 6) is 0.766. The lowest BCUT2D eigenvalue weighted by molar-refractivity contribution is -0.911. The lowest BCUT2D eigenvalue weighted by atomic mass is 10.1. The number of hydrogen-bond donors (Lipinski definition) is 3. The second-order valence-corrected chi connectivity index (χ2v) is 6.56. The number of piperidine rings is 1. The molecular weight excluding hydrogens is 302 g/mol. The van der Waals surface area contributed by atoms with Gasteiger partial charge in [0.05, 0.1) is 6.54 Å². The van der Waals surface area contributed by atoms with E-state index in [1.807, 2.05) is 42.5 Å². The lowest BCUT2D eigenvalue weighted by Crippen LogP contribution is -3.15. The van der Waals surface area contributed by atoms with E-state index in [1.54, 1.807) is 0 Å². The van der Waals surface area contributed by atoms with Crippen molar-refractivity contribution in [1.29, 1.82) is 0 Å². The summed E-state index contributed by atoms with van der Waals surface area (Å²) in [6.07, 6.45) is 1.15. The van der Waals surface area contributed by atoms with Gasteiger partial charge in [0, 0.05) is 0 Å². The molecule has 0 aromatic heterocycles. The Labute approximate surface area is 143 Å². The van der Waals surface area contributed by atoms with E-state index in [9.17, 15) is 10.2 Å². The highest BCUT2D eigenvalue weighted by Gasteiger charge is 2.23. The normalized spacial score (nSPS) is 22.1. The van der Waals surface area contributed by atoms with Crippen LogP contribution in [0.15, 0.2) is 54.6 Å². The van der Waals surface area contributed by atoms with Crippen molar-refractivity contribution in [2.75, 3.05) is 26.2 Å². The molecule has 0 aliphatic carbocycles. The molecule has 24 heavy (non-hydrogen) atoms. The Morgan fingerprint density at radius 2 is 1.75 bits per heavy atom. The third-order valence-corrected chi connectivity index (χ3v) is 4.52. The summed E-state index contributed by atoms with van der Waals surface area (Å²) in [4.78, 5) is 1.25. The summed E-state index contributed by atoms with van der Waals surface area (Å²) in [5.41, 5.74) is 2.33. The molecule has 1 aliphatic heterocycles. The number of hydrogen-bond acceptors (Lipinski definition) is 3. The molecule has 1 fully saturated rings. The van der Waals surface area contributed by atoms with Crippen LogP contribution in [0, 0.1) is 0 Å². The van der Waals surface area contributed by atoms with Crippen molar-refractivity contribution in [2.24, 2.45) is 0 Å². The van der Waals surface area contributed by atoms with E-state index in [0.717, 1.165) is 37.2 Å². The number of ether oxygens (including phenoxy) is 1. The van der Waals surface area contributed by atoms with E-state index in [1.165, 1.54) is 10.5 Å². The van der Waals surface area contributed by atoms with E-state index in [2.05, 4.69) is 12.1 Å². The standard InChI is InChI=1S/C20H25NO3/c22-18-7-4-12-21(13-18)14-19(23)15-24-20-10-8-17(9-11-20)16-5-2-1-3-6-16/h1-3,5-6,8-11,18-19,22-23H,4,7,12-15H2/p+1/t18-,19+/m0/s1. The highest BCUT2D eigenvalue weighted by Crippen LogP contribution is 2.22. The summed E-state index contributed by atoms with van der Waals surface area (Å²) in [5, 5.41) is 19.8. The molecule has 0 spiro atoms. The molecule has 1 unspecified atom stereocenters. The molecule has 0 saturated carbocycles. The number of rotatable bonds is 6. The Balaban J connectivity index is 1.48. The minimum absolute atomic E-state index is 0.229. The van der Waals surface area contributed by atoms with Gasteiger partial charge < -0.3 is 19.8 Å². The fourth-order valence-corrected chi connectivity index (χ4v) is 3.27. The van der Waals surface area contributed by atoms with Gasteiger partial charge in [-0.25, -0.2) is 0 Å². The summed E-state index contributed by atoms with van der Waals surface area (Å²) in [7, 11) is 0. The smallest absolute Gasteiger partial charge is 0.137 e. The van der Waals surface area contributed by atoms with Crippen molar-refractivity contribution in [3.05, 3.63) is 54.6 Å². The first-order valence-electron chi connectivity index (χ1n) is 8.68. The maximum atomic E-state index is 10.2. The van der Waals surface area contributed by atoms with Crippen LogP contribution < -0.4 is 9.64 Å². The van der Waals surface area contributed by atoms with Crippen LogP contribution in [0.4, 0.5) is 0 Å². The van der Waals surface area contributed by atoms with Crippen LogP contribution in [0.2, 0.25) is 0 Å². The monoisotopic (exact) mass is 328 g/mol. The molecule has 2 aromatic carbocycles. The summed E-state index contributed by atoms with van der Waals surface area (Å²) in [6.45, 7) is 2.65. The van der Waals surface area contributed by atoms with E-state index in [4.69, 9.17) is 4.74 Å². The van der Waals surface area contributed by atoms with Crippen molar-refractivity contribution in [3.8, 4) is 16.9 Å². The van der Waals surface area contributed by atoms with Crippen LogP contribution in [0.25, 0.3) is 11.1 Å². The van der Waals surface area contributed by atoms with Gasteiger partial charge >= 0.3 is 0 Å². The van der Waals surface area contributed by atoms with Gasteiger partial charge in [-0.15, -0.1) is 0 Å². The van der Waals surface area contributed by atoms with E-state index in [-0.39, 0.29) is 12.7 Å². The number of nitrogens with one attached hydrogen (secondary N) is 1. The Kier molecular flexibility index (Phi) is 5.86. The van der Waals surface area contributed by atoms with Gasteiger partial charge in [0.2, 0.25) is 0 Å². The minimum Gasteiger partial charge on any atom is -0.491 e. The van der Waals surface area contributed by atoms with Gasteiger partial charge in [-0.2, -0.15) is 0 Å². The molecule has 3 N–H and O–H groups in total. The first-order chi connectivity index (χ1) is 11.7. The zero-order valence-corrected chi connectivity index (χ0v) is 13.9. The van der Waals surface area contributed by atoms with E-state index in [0.29, 0.717) is 6.54 Å². The van der Waals surface area contributed by atoms with Crippen LogP contribution in [0.1, 0.15) is 12.8 Å². The largest absolute Gasteiger partial charge is 0.491 e. The van der Waals surface area contributed by atoms with Gasteiger partial charge in [-0.05, 0) is 36.1 Å². The number of quaternary nitrogens is 1. The second kappa shape index (κ2) is 8.29. The molecule has 0 amide bonds. The first-order valence-corrected chi connectivity index (χ1v) is 8.68. The highest BCUT2D eigenvalue weighted by molar-refractivity contribution is 5.63. The molecule has 4 nitrogen and oxygen atoms in total. The Morgan fingerprint density at radius 3 is 2.46 bits per heavy atom. The molecule has 4 heteroatoms. The van der Waals surface area contributed by atoms with Crippen molar-refractivity contribution in [3.63, 3.8) is 0 Å². The highest BCUT2D eigenvalue weighted by atomic mass is 16.5. The number of aliphatic hydroxyl groups excluding tert-OH is 2. The van der Waals surface area contributed by atoms with Gasteiger partial charge in [0.1, 0.15) is 37.7 Å². The van der Waals surface area contributed by atoms with Crippen LogP contribution in [0.3, 0.4) is 0 Å². The molecule has 1 heterocycles. The third kappa shape index (κ3) is 4.81. The fourth-order valence-electron chi connectivity index (χ4n) is 3.27. The quantitative estimate of drug-likeness (QED) is 0.745. The molecule has 0 bridgehead atoms. The van der Waals surface area contributed by atoms with Crippen molar-refractivity contribution < 1.29 is 19.8 Å². The zero-order chi connectivity index (χ0) is 16.8. The Hall–Kier alpha value is -1.88. The molecule has 1 aliphatic rings. The van der Waals surface area contributed by atoms with Crippen LogP contribution in [-0.2, 0) is 0 Å². The predicted octanol–water partition coefficient (Wildman–Crippen LogP) is 1.13. The van der Waals surface area contributed by atoms with Crippen LogP contribution in [-0.4, -0.2) is 48.7 Å². The molecule has 2 aromatic rings. The number of aliphatic hydroxyl groups is 2. The lowest BCUT2D eigenvalue weighted by Gasteiger charge is -2.28. The molecule has 3 atom stereocenters. The first kappa shape index (κ1) is 17.0. The van der Waals surface area contributed by atoms with Gasteiger partial charge in [0.15, 0.2) is 0 Å². The summed E-state index contributed by atoms with van der Waals surface area (Å²) < 4.78 is 5.70. The Bertz CT molecular complexity index is 615. The maximum Gasteiger partial charge on any atom is 0.137 e. The minimum atomic E-state index is -0.515. The second-order valence-electron chi connectivity index (χ2n) is 6.56. The average molecular weight is 328 g/mol. The number of benzene rings is 2. The van der Waals surface area contributed by atoms with E-state index < -0.39 is 6.10 Å².